The lowest BCUT2D eigenvalue weighted by Gasteiger charge is -2.16. The number of aromatic nitrogens is 1. The van der Waals surface area contributed by atoms with Gasteiger partial charge in [-0.2, -0.15) is 0 Å². The Morgan fingerprint density at radius 3 is 2.56 bits per heavy atom. The quantitative estimate of drug-likeness (QED) is 0.625. The maximum Gasteiger partial charge on any atom is 0.254 e. The number of nitrogens with one attached hydrogen (secondary N) is 1. The Balaban J connectivity index is 2.90. The molecule has 1 aromatic heterocycles. The molecule has 1 atom stereocenters. The summed E-state index contributed by atoms with van der Waals surface area (Å²) in [6.07, 6.45) is 6.80. The summed E-state index contributed by atoms with van der Waals surface area (Å²) in [5.74, 6) is -0.0657. The maximum atomic E-state index is 12.6. The number of pyridine rings is 1. The minimum atomic E-state index is -0.256. The van der Waals surface area contributed by atoms with Gasteiger partial charge in [0.05, 0.1) is 12.6 Å². The molecule has 5 heteroatoms. The van der Waals surface area contributed by atoms with Gasteiger partial charge >= 0.3 is 0 Å². The van der Waals surface area contributed by atoms with Crippen LogP contribution in [0.2, 0.25) is 0 Å². The molecule has 1 N–H and O–H groups in total. The molecule has 0 bridgehead atoms. The van der Waals surface area contributed by atoms with Crippen LogP contribution in [0.3, 0.4) is 0 Å². The number of hydrogen-bond donors (Lipinski definition) is 1. The van der Waals surface area contributed by atoms with Gasteiger partial charge in [-0.1, -0.05) is 32.1 Å². The lowest BCUT2D eigenvalue weighted by molar-refractivity contribution is -0.120. The predicted molar refractivity (Wildman–Crippen MR) is 101 cm³/mol. The van der Waals surface area contributed by atoms with E-state index in [9.17, 15) is 14.4 Å². The number of likely N-dealkylation sites (N-methyl/N-ethyl adjacent to an activating group) is 1. The number of nitrogens with zero attached hydrogens (tertiary/aromatic N) is 1. The minimum absolute atomic E-state index is 0.0158. The van der Waals surface area contributed by atoms with E-state index in [-0.39, 0.29) is 36.1 Å². The Hall–Kier alpha value is -2.01. The number of ketones is 2. The molecule has 0 aliphatic rings. The molecule has 0 fully saturated rings. The molecule has 0 aliphatic carbocycles. The third kappa shape index (κ3) is 6.78. The molecule has 0 unspecified atom stereocenters. The predicted octanol–water partition coefficient (Wildman–Crippen LogP) is 2.58. The van der Waals surface area contributed by atoms with Crippen molar-refractivity contribution >= 4 is 11.6 Å². The number of Topliss-reactive ketones (excluding diaryl/α,β-unsaturated/α-hetero) is 2. The van der Waals surface area contributed by atoms with E-state index in [1.54, 1.807) is 19.1 Å². The van der Waals surface area contributed by atoms with Crippen LogP contribution in [-0.2, 0) is 22.6 Å². The molecule has 138 valence electrons. The van der Waals surface area contributed by atoms with Crippen LogP contribution in [0, 0.1) is 6.92 Å². The standard InChI is InChI=1S/C20H30N2O3/c1-5-7-8-9-10-18(21-6-2)19(24)13-17-12-11-15(3)22(20(17)25)14-16(4)23/h7-8,11-12,18,21H,5-6,9-10,13-14H2,1-4H3/b8-7+/t18-/m0/s1. The van der Waals surface area contributed by atoms with E-state index in [4.69, 9.17) is 0 Å². The number of allylic oxidation sites excluding steroid dienone is 2. The second-order valence-corrected chi connectivity index (χ2v) is 6.30. The maximum absolute atomic E-state index is 12.6. The molecule has 0 radical (unpaired) electrons. The monoisotopic (exact) mass is 346 g/mol. The highest BCUT2D eigenvalue weighted by Crippen LogP contribution is 2.06. The van der Waals surface area contributed by atoms with Gasteiger partial charge in [0.2, 0.25) is 0 Å². The molecule has 1 aromatic rings. The van der Waals surface area contributed by atoms with E-state index in [0.29, 0.717) is 12.1 Å². The molecular weight excluding hydrogens is 316 g/mol. The van der Waals surface area contributed by atoms with Gasteiger partial charge in [-0.25, -0.2) is 0 Å². The molecular formula is C20H30N2O3. The SMILES string of the molecule is CC/C=C/CC[C@H](NCC)C(=O)Cc1ccc(C)n(CC(C)=O)c1=O. The van der Waals surface area contributed by atoms with Crippen LogP contribution in [0.15, 0.2) is 29.1 Å². The smallest absolute Gasteiger partial charge is 0.254 e. The highest BCUT2D eigenvalue weighted by molar-refractivity contribution is 5.86. The molecule has 1 heterocycles. The summed E-state index contributed by atoms with van der Waals surface area (Å²) in [5, 5.41) is 3.21. The van der Waals surface area contributed by atoms with Gasteiger partial charge in [-0.15, -0.1) is 0 Å². The minimum Gasteiger partial charge on any atom is -0.308 e. The van der Waals surface area contributed by atoms with Gasteiger partial charge in [0, 0.05) is 17.7 Å². The Labute approximate surface area is 150 Å². The molecule has 0 spiro atoms. The fourth-order valence-corrected chi connectivity index (χ4v) is 2.75. The third-order valence-electron chi connectivity index (χ3n) is 4.08. The molecule has 0 amide bonds. The van der Waals surface area contributed by atoms with Crippen molar-refractivity contribution in [3.8, 4) is 0 Å². The van der Waals surface area contributed by atoms with Crippen LogP contribution < -0.4 is 10.9 Å². The van der Waals surface area contributed by atoms with Crippen molar-refractivity contribution in [2.24, 2.45) is 0 Å². The Morgan fingerprint density at radius 1 is 1.24 bits per heavy atom. The zero-order valence-electron chi connectivity index (χ0n) is 15.8. The first-order valence-electron chi connectivity index (χ1n) is 9.00. The highest BCUT2D eigenvalue weighted by Gasteiger charge is 2.19. The normalized spacial score (nSPS) is 12.5. The topological polar surface area (TPSA) is 68.2 Å². The van der Waals surface area contributed by atoms with E-state index in [1.165, 1.54) is 11.5 Å². The van der Waals surface area contributed by atoms with Crippen LogP contribution in [-0.4, -0.2) is 28.7 Å². The Morgan fingerprint density at radius 2 is 1.96 bits per heavy atom. The van der Waals surface area contributed by atoms with Crippen molar-refractivity contribution < 1.29 is 9.59 Å². The van der Waals surface area contributed by atoms with Gasteiger partial charge in [-0.05, 0) is 45.7 Å². The fraction of sp³-hybridized carbons (Fsp3) is 0.550. The van der Waals surface area contributed by atoms with Gasteiger partial charge < -0.3 is 9.88 Å². The summed E-state index contributed by atoms with van der Waals surface area (Å²) in [4.78, 5) is 36.6. The summed E-state index contributed by atoms with van der Waals surface area (Å²) in [6.45, 7) is 8.04. The molecule has 0 aromatic carbocycles. The summed E-state index contributed by atoms with van der Waals surface area (Å²) < 4.78 is 1.44. The molecule has 1 rings (SSSR count). The van der Waals surface area contributed by atoms with Crippen LogP contribution in [0.5, 0.6) is 0 Å². The molecule has 0 saturated heterocycles. The molecule has 5 nitrogen and oxygen atoms in total. The van der Waals surface area contributed by atoms with Gasteiger partial charge in [0.15, 0.2) is 5.78 Å². The average Bonchev–Trinajstić information content (AvgIpc) is 2.56. The summed E-state index contributed by atoms with van der Waals surface area (Å²) >= 11 is 0. The number of carbonyl (C=O) groups is 2. The van der Waals surface area contributed by atoms with E-state index in [1.807, 2.05) is 6.92 Å². The third-order valence-corrected chi connectivity index (χ3v) is 4.08. The lowest BCUT2D eigenvalue weighted by Crippen LogP contribution is -2.39. The number of hydrogen-bond acceptors (Lipinski definition) is 4. The van der Waals surface area contributed by atoms with Crippen molar-refractivity contribution in [3.63, 3.8) is 0 Å². The Kier molecular flexibility index (Phi) is 9.06. The first-order chi connectivity index (χ1) is 11.9. The van der Waals surface area contributed by atoms with E-state index < -0.39 is 0 Å². The first-order valence-corrected chi connectivity index (χ1v) is 9.00. The fourth-order valence-electron chi connectivity index (χ4n) is 2.75. The second-order valence-electron chi connectivity index (χ2n) is 6.30. The van der Waals surface area contributed by atoms with Crippen LogP contribution >= 0.6 is 0 Å². The Bertz CT molecular complexity index is 674. The van der Waals surface area contributed by atoms with Gasteiger partial charge in [-0.3, -0.25) is 14.4 Å². The summed E-state index contributed by atoms with van der Waals surface area (Å²) in [6, 6.07) is 3.24. The number of rotatable bonds is 11. The lowest BCUT2D eigenvalue weighted by atomic mass is 10.00. The van der Waals surface area contributed by atoms with E-state index in [2.05, 4.69) is 24.4 Å². The second kappa shape index (κ2) is 10.8. The molecule has 0 aliphatic heterocycles. The van der Waals surface area contributed by atoms with E-state index >= 15 is 0 Å². The van der Waals surface area contributed by atoms with E-state index in [0.717, 1.165) is 25.0 Å². The van der Waals surface area contributed by atoms with Crippen molar-refractivity contribution in [1.82, 2.24) is 9.88 Å². The van der Waals surface area contributed by atoms with Crippen LogP contribution in [0.1, 0.15) is 51.3 Å². The zero-order valence-corrected chi connectivity index (χ0v) is 15.8. The largest absolute Gasteiger partial charge is 0.308 e. The van der Waals surface area contributed by atoms with Crippen LogP contribution in [0.25, 0.3) is 0 Å². The van der Waals surface area contributed by atoms with Crippen molar-refractivity contribution in [3.05, 3.63) is 45.9 Å². The van der Waals surface area contributed by atoms with Crippen molar-refractivity contribution in [2.45, 2.75) is 66.0 Å². The number of aryl methyl sites for hydroxylation is 1. The van der Waals surface area contributed by atoms with Crippen LogP contribution in [0.4, 0.5) is 0 Å². The average molecular weight is 346 g/mol. The highest BCUT2D eigenvalue weighted by atomic mass is 16.1. The molecule has 25 heavy (non-hydrogen) atoms. The van der Waals surface area contributed by atoms with Gasteiger partial charge in [0.25, 0.3) is 5.56 Å². The van der Waals surface area contributed by atoms with Crippen molar-refractivity contribution in [2.75, 3.05) is 6.54 Å². The molecule has 0 saturated carbocycles. The first kappa shape index (κ1) is 21.0. The van der Waals surface area contributed by atoms with Gasteiger partial charge in [0.1, 0.15) is 5.78 Å². The summed E-state index contributed by atoms with van der Waals surface area (Å²) in [7, 11) is 0. The zero-order chi connectivity index (χ0) is 18.8. The number of carbonyl (C=O) groups excluding carboxylic acids is 2. The summed E-state index contributed by atoms with van der Waals surface area (Å²) in [5.41, 5.74) is 0.929. The van der Waals surface area contributed by atoms with Crippen molar-refractivity contribution in [1.29, 1.82) is 0 Å².